The van der Waals surface area contributed by atoms with Crippen molar-refractivity contribution in [3.05, 3.63) is 63.1 Å². The van der Waals surface area contributed by atoms with Crippen LogP contribution in [0.3, 0.4) is 0 Å². The first kappa shape index (κ1) is 16.6. The van der Waals surface area contributed by atoms with Gasteiger partial charge in [0.05, 0.1) is 0 Å². The lowest BCUT2D eigenvalue weighted by Gasteiger charge is -2.18. The van der Waals surface area contributed by atoms with Gasteiger partial charge >= 0.3 is 5.97 Å². The number of carboxylic acids is 1. The van der Waals surface area contributed by atoms with E-state index in [1.54, 1.807) is 0 Å². The number of hydrogen-bond acceptors (Lipinski definition) is 2. The van der Waals surface area contributed by atoms with Gasteiger partial charge in [-0.25, -0.2) is 4.79 Å². The molecule has 1 N–H and O–H groups in total. The molecule has 0 fully saturated rings. The standard InChI is InChI=1S/C18H19BrO3/c1-11-8-12(2)13(3)16(9-11)22-17(18(20)21)10-14-4-6-15(19)7-5-14/h4-9,17H,10H2,1-3H3,(H,20,21). The predicted molar refractivity (Wildman–Crippen MR) is 90.6 cm³/mol. The molecule has 1 unspecified atom stereocenters. The monoisotopic (exact) mass is 362 g/mol. The number of hydrogen-bond donors (Lipinski definition) is 1. The highest BCUT2D eigenvalue weighted by Crippen LogP contribution is 2.25. The number of ether oxygens (including phenoxy) is 1. The number of aliphatic carboxylic acids is 1. The summed E-state index contributed by atoms with van der Waals surface area (Å²) in [5.74, 6) is -0.316. The van der Waals surface area contributed by atoms with Gasteiger partial charge in [-0.3, -0.25) is 0 Å². The number of rotatable bonds is 5. The summed E-state index contributed by atoms with van der Waals surface area (Å²) in [5, 5.41) is 9.45. The molecule has 0 amide bonds. The average Bonchev–Trinajstić information content (AvgIpc) is 2.45. The lowest BCUT2D eigenvalue weighted by molar-refractivity contribution is -0.145. The third-order valence-corrected chi connectivity index (χ3v) is 4.17. The van der Waals surface area contributed by atoms with E-state index in [9.17, 15) is 9.90 Å². The molecule has 0 aliphatic heterocycles. The van der Waals surface area contributed by atoms with E-state index in [1.165, 1.54) is 0 Å². The van der Waals surface area contributed by atoms with Crippen LogP contribution in [0.4, 0.5) is 0 Å². The van der Waals surface area contributed by atoms with Crippen molar-refractivity contribution in [2.75, 3.05) is 0 Å². The van der Waals surface area contributed by atoms with Crippen LogP contribution in [0.25, 0.3) is 0 Å². The van der Waals surface area contributed by atoms with E-state index >= 15 is 0 Å². The zero-order chi connectivity index (χ0) is 16.3. The van der Waals surface area contributed by atoms with E-state index in [4.69, 9.17) is 4.74 Å². The molecular weight excluding hydrogens is 344 g/mol. The summed E-state index contributed by atoms with van der Waals surface area (Å²) in [4.78, 5) is 11.5. The van der Waals surface area contributed by atoms with E-state index in [-0.39, 0.29) is 0 Å². The van der Waals surface area contributed by atoms with Crippen LogP contribution in [0.1, 0.15) is 22.3 Å². The van der Waals surface area contributed by atoms with Gasteiger partial charge in [0.2, 0.25) is 0 Å². The summed E-state index contributed by atoms with van der Waals surface area (Å²) < 4.78 is 6.76. The highest BCUT2D eigenvalue weighted by atomic mass is 79.9. The summed E-state index contributed by atoms with van der Waals surface area (Å²) in [6, 6.07) is 11.6. The molecular formula is C18H19BrO3. The van der Waals surface area contributed by atoms with Crippen LogP contribution in [0.5, 0.6) is 5.75 Å². The Labute approximate surface area is 139 Å². The molecule has 0 aromatic heterocycles. The first-order valence-electron chi connectivity index (χ1n) is 7.08. The van der Waals surface area contributed by atoms with Gasteiger partial charge in [0, 0.05) is 10.9 Å². The molecule has 0 saturated carbocycles. The third-order valence-electron chi connectivity index (χ3n) is 3.64. The zero-order valence-corrected chi connectivity index (χ0v) is 14.5. The van der Waals surface area contributed by atoms with Gasteiger partial charge in [-0.15, -0.1) is 0 Å². The summed E-state index contributed by atoms with van der Waals surface area (Å²) in [6.07, 6.45) is -0.573. The van der Waals surface area contributed by atoms with E-state index in [0.717, 1.165) is 26.7 Å². The molecule has 0 spiro atoms. The van der Waals surface area contributed by atoms with Crippen molar-refractivity contribution in [2.24, 2.45) is 0 Å². The molecule has 1 atom stereocenters. The minimum Gasteiger partial charge on any atom is -0.478 e. The molecule has 22 heavy (non-hydrogen) atoms. The second-order valence-corrected chi connectivity index (χ2v) is 6.40. The first-order chi connectivity index (χ1) is 10.4. The quantitative estimate of drug-likeness (QED) is 0.854. The van der Waals surface area contributed by atoms with Crippen LogP contribution >= 0.6 is 15.9 Å². The van der Waals surface area contributed by atoms with Gasteiger partial charge in [-0.05, 0) is 61.2 Å². The van der Waals surface area contributed by atoms with Crippen LogP contribution in [0.15, 0.2) is 40.9 Å². The van der Waals surface area contributed by atoms with E-state index < -0.39 is 12.1 Å². The van der Waals surface area contributed by atoms with Crippen LogP contribution in [-0.4, -0.2) is 17.2 Å². The predicted octanol–water partition coefficient (Wildman–Crippen LogP) is 4.45. The second kappa shape index (κ2) is 6.97. The largest absolute Gasteiger partial charge is 0.478 e. The van der Waals surface area contributed by atoms with E-state index in [2.05, 4.69) is 22.0 Å². The first-order valence-corrected chi connectivity index (χ1v) is 7.88. The van der Waals surface area contributed by atoms with Crippen LogP contribution in [0.2, 0.25) is 0 Å². The summed E-state index contributed by atoms with van der Waals surface area (Å²) in [6.45, 7) is 5.92. The molecule has 3 nitrogen and oxygen atoms in total. The molecule has 0 radical (unpaired) electrons. The molecule has 2 rings (SSSR count). The lowest BCUT2D eigenvalue weighted by Crippen LogP contribution is -2.29. The second-order valence-electron chi connectivity index (χ2n) is 5.48. The molecule has 0 aliphatic carbocycles. The average molecular weight is 363 g/mol. The summed E-state index contributed by atoms with van der Waals surface area (Å²) >= 11 is 3.37. The topological polar surface area (TPSA) is 46.5 Å². The molecule has 2 aromatic carbocycles. The minimum absolute atomic E-state index is 0.328. The fraction of sp³-hybridized carbons (Fsp3) is 0.278. The van der Waals surface area contributed by atoms with Crippen molar-refractivity contribution >= 4 is 21.9 Å². The van der Waals surface area contributed by atoms with E-state index in [1.807, 2.05) is 51.1 Å². The summed E-state index contributed by atoms with van der Waals surface area (Å²) in [5.41, 5.74) is 4.07. The highest BCUT2D eigenvalue weighted by Gasteiger charge is 2.21. The Morgan fingerprint density at radius 1 is 1.18 bits per heavy atom. The normalized spacial score (nSPS) is 12.0. The molecule has 0 saturated heterocycles. The molecule has 0 bridgehead atoms. The zero-order valence-electron chi connectivity index (χ0n) is 12.9. The van der Waals surface area contributed by atoms with Crippen LogP contribution in [0, 0.1) is 20.8 Å². The Bertz CT molecular complexity index is 677. The van der Waals surface area contributed by atoms with Crippen LogP contribution in [-0.2, 0) is 11.2 Å². The number of halogens is 1. The fourth-order valence-corrected chi connectivity index (χ4v) is 2.55. The number of carbonyl (C=O) groups is 1. The van der Waals surface area contributed by atoms with Gasteiger partial charge in [-0.1, -0.05) is 34.1 Å². The lowest BCUT2D eigenvalue weighted by atomic mass is 10.0. The van der Waals surface area contributed by atoms with Gasteiger partial charge in [0.25, 0.3) is 0 Å². The summed E-state index contributed by atoms with van der Waals surface area (Å²) in [7, 11) is 0. The maximum Gasteiger partial charge on any atom is 0.345 e. The Balaban J connectivity index is 2.22. The van der Waals surface area contributed by atoms with Gasteiger partial charge in [-0.2, -0.15) is 0 Å². The fourth-order valence-electron chi connectivity index (χ4n) is 2.29. The van der Waals surface area contributed by atoms with Crippen molar-refractivity contribution in [1.82, 2.24) is 0 Å². The molecule has 2 aromatic rings. The molecule has 4 heteroatoms. The van der Waals surface area contributed by atoms with Crippen molar-refractivity contribution in [1.29, 1.82) is 0 Å². The van der Waals surface area contributed by atoms with Gasteiger partial charge < -0.3 is 9.84 Å². The Morgan fingerprint density at radius 2 is 1.82 bits per heavy atom. The van der Waals surface area contributed by atoms with Crippen LogP contribution < -0.4 is 4.74 Å². The smallest absolute Gasteiger partial charge is 0.345 e. The van der Waals surface area contributed by atoms with E-state index in [0.29, 0.717) is 12.2 Å². The maximum atomic E-state index is 11.5. The SMILES string of the molecule is Cc1cc(C)c(C)c(OC(Cc2ccc(Br)cc2)C(=O)O)c1. The van der Waals surface area contributed by atoms with Gasteiger partial charge in [0.1, 0.15) is 5.75 Å². The Hall–Kier alpha value is -1.81. The molecule has 116 valence electrons. The number of aryl methyl sites for hydroxylation is 2. The van der Waals surface area contributed by atoms with Gasteiger partial charge in [0.15, 0.2) is 6.10 Å². The van der Waals surface area contributed by atoms with Crippen molar-refractivity contribution < 1.29 is 14.6 Å². The minimum atomic E-state index is -0.957. The Kier molecular flexibility index (Phi) is 5.24. The number of carboxylic acid groups (broad SMARTS) is 1. The van der Waals surface area contributed by atoms with Crippen molar-refractivity contribution in [3.8, 4) is 5.75 Å². The highest BCUT2D eigenvalue weighted by molar-refractivity contribution is 9.10. The maximum absolute atomic E-state index is 11.5. The number of benzene rings is 2. The Morgan fingerprint density at radius 3 is 2.41 bits per heavy atom. The third kappa shape index (κ3) is 4.10. The molecule has 0 heterocycles. The molecule has 0 aliphatic rings. The van der Waals surface area contributed by atoms with Crippen molar-refractivity contribution in [3.63, 3.8) is 0 Å². The van der Waals surface area contributed by atoms with Crippen molar-refractivity contribution in [2.45, 2.75) is 33.3 Å².